The number of nitrogen functional groups attached to an aromatic ring is 1. The van der Waals surface area contributed by atoms with Gasteiger partial charge in [-0.25, -0.2) is 8.42 Å². The predicted octanol–water partition coefficient (Wildman–Crippen LogP) is 3.01. The van der Waals surface area contributed by atoms with E-state index in [1.807, 2.05) is 0 Å². The van der Waals surface area contributed by atoms with Crippen molar-refractivity contribution in [3.63, 3.8) is 0 Å². The number of halogens is 1. The van der Waals surface area contributed by atoms with E-state index in [0.29, 0.717) is 20.6 Å². The van der Waals surface area contributed by atoms with Crippen LogP contribution in [0.2, 0.25) is 0 Å². The maximum atomic E-state index is 12.2. The van der Waals surface area contributed by atoms with Crippen LogP contribution in [-0.4, -0.2) is 8.42 Å². The van der Waals surface area contributed by atoms with E-state index in [0.717, 1.165) is 0 Å². The average Bonchev–Trinajstić information content (AvgIpc) is 2.36. The number of sulfone groups is 1. The molecule has 0 atom stereocenters. The van der Waals surface area contributed by atoms with E-state index in [2.05, 4.69) is 15.9 Å². The maximum absolute atomic E-state index is 12.2. The third-order valence-electron chi connectivity index (χ3n) is 2.56. The first-order valence-corrected chi connectivity index (χ1v) is 7.76. The molecule has 94 valence electrons. The van der Waals surface area contributed by atoms with Gasteiger partial charge in [-0.05, 0) is 39.7 Å². The number of hydrogen-bond donors (Lipinski definition) is 1. The van der Waals surface area contributed by atoms with Crippen molar-refractivity contribution in [2.24, 2.45) is 0 Å². The summed E-state index contributed by atoms with van der Waals surface area (Å²) in [4.78, 5) is 0.319. The van der Waals surface area contributed by atoms with Crippen LogP contribution in [0.5, 0.6) is 0 Å². The van der Waals surface area contributed by atoms with Crippen molar-refractivity contribution in [2.45, 2.75) is 10.6 Å². The molecule has 0 aliphatic rings. The van der Waals surface area contributed by atoms with E-state index >= 15 is 0 Å². The van der Waals surface area contributed by atoms with Gasteiger partial charge in [0.25, 0.3) is 0 Å². The van der Waals surface area contributed by atoms with E-state index in [-0.39, 0.29) is 5.75 Å². The third kappa shape index (κ3) is 2.73. The molecule has 0 amide bonds. The molecule has 0 spiro atoms. The Hall–Kier alpha value is -1.33. The van der Waals surface area contributed by atoms with Crippen molar-refractivity contribution < 1.29 is 8.42 Å². The molecular formula is C13H12BrNO2S. The van der Waals surface area contributed by atoms with Crippen LogP contribution in [0, 0.1) is 0 Å². The van der Waals surface area contributed by atoms with Crippen molar-refractivity contribution in [1.82, 2.24) is 0 Å². The molecule has 3 nitrogen and oxygen atoms in total. The Morgan fingerprint density at radius 3 is 2.33 bits per heavy atom. The minimum atomic E-state index is -3.34. The Kier molecular flexibility index (Phi) is 3.73. The smallest absolute Gasteiger partial charge is 0.182 e. The van der Waals surface area contributed by atoms with Crippen molar-refractivity contribution in [3.8, 4) is 0 Å². The fourth-order valence-corrected chi connectivity index (χ4v) is 3.61. The van der Waals surface area contributed by atoms with Crippen molar-refractivity contribution in [3.05, 3.63) is 58.6 Å². The third-order valence-corrected chi connectivity index (χ3v) is 5.20. The number of rotatable bonds is 3. The zero-order valence-corrected chi connectivity index (χ0v) is 11.9. The molecule has 0 aliphatic carbocycles. The largest absolute Gasteiger partial charge is 0.398 e. The van der Waals surface area contributed by atoms with Gasteiger partial charge in [0, 0.05) is 10.2 Å². The molecule has 2 aromatic carbocycles. The molecule has 18 heavy (non-hydrogen) atoms. The highest BCUT2D eigenvalue weighted by Gasteiger charge is 2.17. The van der Waals surface area contributed by atoms with E-state index < -0.39 is 9.84 Å². The van der Waals surface area contributed by atoms with Crippen LogP contribution in [0.25, 0.3) is 0 Å². The highest BCUT2D eigenvalue weighted by Crippen LogP contribution is 2.27. The lowest BCUT2D eigenvalue weighted by Gasteiger charge is -2.08. The number of hydrogen-bond acceptors (Lipinski definition) is 3. The summed E-state index contributed by atoms with van der Waals surface area (Å²) >= 11 is 3.32. The zero-order valence-electron chi connectivity index (χ0n) is 9.51. The van der Waals surface area contributed by atoms with Crippen LogP contribution in [0.4, 0.5) is 5.69 Å². The molecule has 0 bridgehead atoms. The molecule has 2 rings (SSSR count). The normalized spacial score (nSPS) is 11.4. The topological polar surface area (TPSA) is 60.2 Å². The fraction of sp³-hybridized carbons (Fsp3) is 0.0769. The molecule has 0 saturated carbocycles. The summed E-state index contributed by atoms with van der Waals surface area (Å²) in [5.41, 5.74) is 6.94. The van der Waals surface area contributed by atoms with Crippen LogP contribution in [0.1, 0.15) is 5.56 Å². The monoisotopic (exact) mass is 325 g/mol. The SMILES string of the molecule is Nc1cccc(CS(=O)(=O)c2ccccc2)c1Br. The van der Waals surface area contributed by atoms with E-state index in [1.54, 1.807) is 48.5 Å². The summed E-state index contributed by atoms with van der Waals surface area (Å²) in [6.45, 7) is 0. The van der Waals surface area contributed by atoms with Crippen LogP contribution >= 0.6 is 15.9 Å². The maximum Gasteiger partial charge on any atom is 0.182 e. The molecule has 0 fully saturated rings. The van der Waals surface area contributed by atoms with Gasteiger partial charge in [0.15, 0.2) is 9.84 Å². The average molecular weight is 326 g/mol. The summed E-state index contributed by atoms with van der Waals surface area (Å²) in [6, 6.07) is 13.6. The first kappa shape index (κ1) is 13.1. The molecule has 0 aliphatic heterocycles. The van der Waals surface area contributed by atoms with Gasteiger partial charge >= 0.3 is 0 Å². The molecular weight excluding hydrogens is 314 g/mol. The number of nitrogens with two attached hydrogens (primary N) is 1. The molecule has 0 aromatic heterocycles. The van der Waals surface area contributed by atoms with Gasteiger partial charge in [0.2, 0.25) is 0 Å². The predicted molar refractivity (Wildman–Crippen MR) is 75.9 cm³/mol. The summed E-state index contributed by atoms with van der Waals surface area (Å²) in [5.74, 6) is -0.0668. The van der Waals surface area contributed by atoms with Gasteiger partial charge in [-0.15, -0.1) is 0 Å². The molecule has 0 radical (unpaired) electrons. The molecule has 2 N–H and O–H groups in total. The fourth-order valence-electron chi connectivity index (χ4n) is 1.63. The van der Waals surface area contributed by atoms with Gasteiger partial charge in [0.1, 0.15) is 0 Å². The van der Waals surface area contributed by atoms with Gasteiger partial charge in [-0.2, -0.15) is 0 Å². The lowest BCUT2D eigenvalue weighted by Crippen LogP contribution is -2.06. The molecule has 0 saturated heterocycles. The Labute approximate surface area is 115 Å². The Morgan fingerprint density at radius 1 is 1.00 bits per heavy atom. The van der Waals surface area contributed by atoms with Crippen molar-refractivity contribution >= 4 is 31.5 Å². The second kappa shape index (κ2) is 5.12. The lowest BCUT2D eigenvalue weighted by molar-refractivity contribution is 0.595. The molecule has 0 heterocycles. The van der Waals surface area contributed by atoms with E-state index in [9.17, 15) is 8.42 Å². The summed E-state index contributed by atoms with van der Waals surface area (Å²) < 4.78 is 25.0. The summed E-state index contributed by atoms with van der Waals surface area (Å²) in [7, 11) is -3.34. The highest BCUT2D eigenvalue weighted by atomic mass is 79.9. The van der Waals surface area contributed by atoms with Crippen LogP contribution in [-0.2, 0) is 15.6 Å². The van der Waals surface area contributed by atoms with Gasteiger partial charge in [0.05, 0.1) is 10.6 Å². The summed E-state index contributed by atoms with van der Waals surface area (Å²) in [5, 5.41) is 0. The lowest BCUT2D eigenvalue weighted by atomic mass is 10.2. The van der Waals surface area contributed by atoms with Gasteiger partial charge in [-0.1, -0.05) is 30.3 Å². The van der Waals surface area contributed by atoms with Crippen molar-refractivity contribution in [2.75, 3.05) is 5.73 Å². The standard InChI is InChI=1S/C13H12BrNO2S/c14-13-10(5-4-8-12(13)15)9-18(16,17)11-6-2-1-3-7-11/h1-8H,9,15H2. The Bertz CT molecular complexity index is 654. The molecule has 2 aromatic rings. The summed E-state index contributed by atoms with van der Waals surface area (Å²) in [6.07, 6.45) is 0. The van der Waals surface area contributed by atoms with Crippen LogP contribution in [0.3, 0.4) is 0 Å². The molecule has 5 heteroatoms. The number of benzene rings is 2. The van der Waals surface area contributed by atoms with Gasteiger partial charge in [-0.3, -0.25) is 0 Å². The van der Waals surface area contributed by atoms with Crippen LogP contribution < -0.4 is 5.73 Å². The highest BCUT2D eigenvalue weighted by molar-refractivity contribution is 9.10. The quantitative estimate of drug-likeness (QED) is 0.882. The first-order valence-electron chi connectivity index (χ1n) is 5.31. The molecule has 0 unspecified atom stereocenters. The minimum Gasteiger partial charge on any atom is -0.398 e. The number of anilines is 1. The second-order valence-electron chi connectivity index (χ2n) is 3.89. The van der Waals surface area contributed by atoms with Crippen molar-refractivity contribution in [1.29, 1.82) is 0 Å². The first-order chi connectivity index (χ1) is 8.50. The van der Waals surface area contributed by atoms with Gasteiger partial charge < -0.3 is 5.73 Å². The van der Waals surface area contributed by atoms with E-state index in [4.69, 9.17) is 5.73 Å². The van der Waals surface area contributed by atoms with Crippen LogP contribution in [0.15, 0.2) is 57.9 Å². The Balaban J connectivity index is 2.37. The minimum absolute atomic E-state index is 0.0668. The Morgan fingerprint density at radius 2 is 1.67 bits per heavy atom. The van der Waals surface area contributed by atoms with E-state index in [1.165, 1.54) is 0 Å². The zero-order chi connectivity index (χ0) is 13.2. The second-order valence-corrected chi connectivity index (χ2v) is 6.68.